The Morgan fingerprint density at radius 1 is 1.46 bits per heavy atom. The predicted molar refractivity (Wildman–Crippen MR) is 52.5 cm³/mol. The summed E-state index contributed by atoms with van der Waals surface area (Å²) in [7, 11) is -1.30. The second-order valence-electron chi connectivity index (χ2n) is 3.96. The van der Waals surface area contributed by atoms with Gasteiger partial charge in [-0.2, -0.15) is 4.31 Å². The van der Waals surface area contributed by atoms with Crippen LogP contribution in [0.15, 0.2) is 12.3 Å². The first-order valence-electron chi connectivity index (χ1n) is 4.05. The van der Waals surface area contributed by atoms with Crippen molar-refractivity contribution in [2.24, 2.45) is 0 Å². The van der Waals surface area contributed by atoms with Gasteiger partial charge < -0.3 is 4.90 Å². The van der Waals surface area contributed by atoms with Crippen molar-refractivity contribution >= 4 is 10.0 Å². The molecule has 1 aliphatic heterocycles. The van der Waals surface area contributed by atoms with Crippen LogP contribution in [0.25, 0.3) is 0 Å². The summed E-state index contributed by atoms with van der Waals surface area (Å²) in [4.78, 5) is 1.85. The molecular weight excluding hydrogens is 188 g/mol. The number of rotatable bonds is 1. The molecular formula is C8H16N2O2S. The van der Waals surface area contributed by atoms with Crippen LogP contribution in [0, 0.1) is 0 Å². The summed E-state index contributed by atoms with van der Waals surface area (Å²) >= 11 is 0. The molecule has 0 aliphatic carbocycles. The zero-order chi connectivity index (χ0) is 10.4. The summed E-state index contributed by atoms with van der Waals surface area (Å²) in [6, 6.07) is 0. The number of hydrogen-bond acceptors (Lipinski definition) is 3. The summed E-state index contributed by atoms with van der Waals surface area (Å²) in [5, 5.41) is 0. The van der Waals surface area contributed by atoms with E-state index >= 15 is 0 Å². The molecule has 0 atom stereocenters. The Bertz CT molecular complexity index is 332. The molecule has 1 aliphatic rings. The van der Waals surface area contributed by atoms with Crippen molar-refractivity contribution in [3.63, 3.8) is 0 Å². The Morgan fingerprint density at radius 2 is 1.92 bits per heavy atom. The molecule has 0 aromatic heterocycles. The number of sulfonamides is 1. The highest BCUT2D eigenvalue weighted by Crippen LogP contribution is 2.33. The lowest BCUT2D eigenvalue weighted by Crippen LogP contribution is -2.42. The maximum atomic E-state index is 11.4. The smallest absolute Gasteiger partial charge is 0.213 e. The molecule has 0 radical (unpaired) electrons. The molecule has 76 valence electrons. The van der Waals surface area contributed by atoms with Crippen LogP contribution < -0.4 is 0 Å². The minimum atomic E-state index is -3.15. The van der Waals surface area contributed by atoms with Gasteiger partial charge in [-0.15, -0.1) is 0 Å². The van der Waals surface area contributed by atoms with Crippen LogP contribution in [0.1, 0.15) is 13.8 Å². The maximum absolute atomic E-state index is 11.4. The maximum Gasteiger partial charge on any atom is 0.213 e. The van der Waals surface area contributed by atoms with Crippen molar-refractivity contribution in [1.29, 1.82) is 0 Å². The van der Waals surface area contributed by atoms with Gasteiger partial charge in [0, 0.05) is 12.7 Å². The van der Waals surface area contributed by atoms with Crippen molar-refractivity contribution in [3.05, 3.63) is 12.3 Å². The van der Waals surface area contributed by atoms with Crippen LogP contribution >= 0.6 is 0 Å². The molecule has 0 unspecified atom stereocenters. The van der Waals surface area contributed by atoms with Crippen molar-refractivity contribution in [2.75, 3.05) is 20.0 Å². The van der Waals surface area contributed by atoms with E-state index in [1.54, 1.807) is 0 Å². The lowest BCUT2D eigenvalue weighted by Gasteiger charge is -2.27. The zero-order valence-corrected chi connectivity index (χ0v) is 9.35. The Morgan fingerprint density at radius 3 is 2.08 bits per heavy atom. The summed E-state index contributed by atoms with van der Waals surface area (Å²) in [5.41, 5.74) is 0.334. The molecule has 1 fully saturated rings. The third-order valence-electron chi connectivity index (χ3n) is 2.53. The van der Waals surface area contributed by atoms with Crippen LogP contribution in [-0.4, -0.2) is 43.1 Å². The summed E-state index contributed by atoms with van der Waals surface area (Å²) in [6.45, 7) is 7.99. The average molecular weight is 204 g/mol. The fourth-order valence-corrected chi connectivity index (χ4v) is 2.90. The van der Waals surface area contributed by atoms with Gasteiger partial charge in [0.1, 0.15) is 0 Å². The quantitative estimate of drug-likeness (QED) is 0.622. The van der Waals surface area contributed by atoms with Gasteiger partial charge in [0.2, 0.25) is 10.0 Å². The van der Waals surface area contributed by atoms with E-state index in [-0.39, 0.29) is 0 Å². The first kappa shape index (κ1) is 10.5. The van der Waals surface area contributed by atoms with Gasteiger partial charge in [-0.1, -0.05) is 6.58 Å². The van der Waals surface area contributed by atoms with Gasteiger partial charge in [0.25, 0.3) is 0 Å². The average Bonchev–Trinajstić information content (AvgIpc) is 2.12. The molecule has 13 heavy (non-hydrogen) atoms. The molecule has 0 aromatic rings. The normalized spacial score (nSPS) is 24.0. The Labute approximate surface area is 79.9 Å². The molecule has 1 saturated heterocycles. The van der Waals surface area contributed by atoms with Gasteiger partial charge in [-0.25, -0.2) is 8.42 Å². The highest BCUT2D eigenvalue weighted by molar-refractivity contribution is 7.88. The molecule has 5 heteroatoms. The first-order valence-corrected chi connectivity index (χ1v) is 5.90. The third kappa shape index (κ3) is 1.58. The molecule has 0 bridgehead atoms. The van der Waals surface area contributed by atoms with Gasteiger partial charge in [0.15, 0.2) is 0 Å². The number of likely N-dealkylation sites (N-methyl/N-ethyl adjacent to an activating group) is 1. The van der Waals surface area contributed by atoms with E-state index in [1.165, 1.54) is 10.6 Å². The van der Waals surface area contributed by atoms with Crippen molar-refractivity contribution in [2.45, 2.75) is 19.4 Å². The standard InChI is InChI=1S/C8H16N2O2S/c1-7-8(2,3)10(6-9(7)4)13(5,11)12/h1,6H2,2-5H3. The first-order chi connectivity index (χ1) is 5.67. The van der Waals surface area contributed by atoms with E-state index in [9.17, 15) is 8.42 Å². The SMILES string of the molecule is C=C1N(C)CN(S(C)(=O)=O)C1(C)C. The zero-order valence-electron chi connectivity index (χ0n) is 8.53. The molecule has 1 rings (SSSR count). The number of nitrogens with zero attached hydrogens (tertiary/aromatic N) is 2. The Balaban J connectivity index is 3.12. The van der Waals surface area contributed by atoms with Crippen LogP contribution in [0.2, 0.25) is 0 Å². The molecule has 0 amide bonds. The lowest BCUT2D eigenvalue weighted by atomic mass is 10.0. The van der Waals surface area contributed by atoms with E-state index in [0.717, 1.165) is 5.70 Å². The molecule has 0 spiro atoms. The molecule has 0 saturated carbocycles. The molecule has 1 heterocycles. The fourth-order valence-electron chi connectivity index (χ4n) is 1.59. The Hall–Kier alpha value is -0.550. The van der Waals surface area contributed by atoms with Gasteiger partial charge in [-0.05, 0) is 13.8 Å². The highest BCUT2D eigenvalue weighted by atomic mass is 32.2. The topological polar surface area (TPSA) is 40.6 Å². The van der Waals surface area contributed by atoms with Crippen molar-refractivity contribution in [3.8, 4) is 0 Å². The van der Waals surface area contributed by atoms with E-state index in [4.69, 9.17) is 0 Å². The van der Waals surface area contributed by atoms with Gasteiger partial charge in [-0.3, -0.25) is 0 Å². The molecule has 0 N–H and O–H groups in total. The fraction of sp³-hybridized carbons (Fsp3) is 0.750. The molecule has 4 nitrogen and oxygen atoms in total. The molecule has 0 aromatic carbocycles. The third-order valence-corrected chi connectivity index (χ3v) is 3.90. The number of hydrogen-bond donors (Lipinski definition) is 0. The van der Waals surface area contributed by atoms with E-state index in [2.05, 4.69) is 6.58 Å². The van der Waals surface area contributed by atoms with E-state index < -0.39 is 15.6 Å². The van der Waals surface area contributed by atoms with E-state index in [1.807, 2.05) is 25.8 Å². The van der Waals surface area contributed by atoms with Crippen LogP contribution in [0.4, 0.5) is 0 Å². The van der Waals surface area contributed by atoms with Crippen LogP contribution in [-0.2, 0) is 10.0 Å². The van der Waals surface area contributed by atoms with Gasteiger partial charge in [0.05, 0.1) is 18.5 Å². The van der Waals surface area contributed by atoms with Crippen LogP contribution in [0.5, 0.6) is 0 Å². The lowest BCUT2D eigenvalue weighted by molar-refractivity contribution is 0.308. The summed E-state index contributed by atoms with van der Waals surface area (Å²) < 4.78 is 24.2. The second kappa shape index (κ2) is 2.72. The Kier molecular flexibility index (Phi) is 2.20. The summed E-state index contributed by atoms with van der Waals surface area (Å²) in [5.74, 6) is 0. The largest absolute Gasteiger partial charge is 0.363 e. The second-order valence-corrected chi connectivity index (χ2v) is 5.86. The summed E-state index contributed by atoms with van der Waals surface area (Å²) in [6.07, 6.45) is 1.22. The van der Waals surface area contributed by atoms with Crippen molar-refractivity contribution < 1.29 is 8.42 Å². The highest BCUT2D eigenvalue weighted by Gasteiger charge is 2.43. The minimum absolute atomic E-state index is 0.394. The minimum Gasteiger partial charge on any atom is -0.363 e. The van der Waals surface area contributed by atoms with Gasteiger partial charge >= 0.3 is 0 Å². The predicted octanol–water partition coefficient (Wildman–Crippen LogP) is 0.443. The van der Waals surface area contributed by atoms with E-state index in [0.29, 0.717) is 6.67 Å². The van der Waals surface area contributed by atoms with Crippen LogP contribution in [0.3, 0.4) is 0 Å². The van der Waals surface area contributed by atoms with Crippen molar-refractivity contribution in [1.82, 2.24) is 9.21 Å². The monoisotopic (exact) mass is 204 g/mol.